The summed E-state index contributed by atoms with van der Waals surface area (Å²) < 4.78 is 38.5. The molecule has 118 valence electrons. The van der Waals surface area contributed by atoms with Crippen molar-refractivity contribution in [1.29, 1.82) is 0 Å². The number of nitrogens with zero attached hydrogens (tertiary/aromatic N) is 2. The van der Waals surface area contributed by atoms with E-state index in [1.54, 1.807) is 0 Å². The summed E-state index contributed by atoms with van der Waals surface area (Å²) in [6.45, 7) is 2.59. The van der Waals surface area contributed by atoms with Crippen molar-refractivity contribution in [3.8, 4) is 0 Å². The fourth-order valence-corrected chi connectivity index (χ4v) is 1.71. The van der Waals surface area contributed by atoms with Crippen LogP contribution in [0.3, 0.4) is 0 Å². The second kappa shape index (κ2) is 4.79. The Morgan fingerprint density at radius 1 is 1.14 bits per heavy atom. The van der Waals surface area contributed by atoms with Gasteiger partial charge < -0.3 is 10.4 Å². The van der Waals surface area contributed by atoms with Gasteiger partial charge in [0, 0.05) is 11.1 Å². The maximum Gasteiger partial charge on any atom is 0.442 e. The lowest BCUT2D eigenvalue weighted by atomic mass is 10.00. The van der Waals surface area contributed by atoms with E-state index < -0.39 is 29.3 Å². The van der Waals surface area contributed by atoms with Crippen LogP contribution in [0.2, 0.25) is 0 Å². The minimum atomic E-state index is -4.64. The molecule has 0 bridgehead atoms. The standard InChI is InChI=1S/C13H12F3N3O3/c1-11(2,10(21)22)17-9(20)7-3-5-8(6-4-7)12(18-19-12)13(14,15)16/h3-6H,1-2H3,(H,17,20)(H,21,22). The number of carboxylic acid groups (broad SMARTS) is 1. The highest BCUT2D eigenvalue weighted by molar-refractivity contribution is 5.97. The lowest BCUT2D eigenvalue weighted by Gasteiger charge is -2.21. The highest BCUT2D eigenvalue weighted by Gasteiger charge is 2.65. The van der Waals surface area contributed by atoms with Gasteiger partial charge >= 0.3 is 17.8 Å². The first-order chi connectivity index (χ1) is 9.99. The average Bonchev–Trinajstić information content (AvgIpc) is 3.19. The van der Waals surface area contributed by atoms with Crippen LogP contribution in [0.4, 0.5) is 13.2 Å². The summed E-state index contributed by atoms with van der Waals surface area (Å²) in [5.41, 5.74) is -4.20. The van der Waals surface area contributed by atoms with Crippen molar-refractivity contribution in [1.82, 2.24) is 5.32 Å². The molecule has 6 nitrogen and oxygen atoms in total. The monoisotopic (exact) mass is 315 g/mol. The number of halogens is 3. The number of nitrogens with one attached hydrogen (secondary N) is 1. The van der Waals surface area contributed by atoms with Crippen LogP contribution in [0.5, 0.6) is 0 Å². The average molecular weight is 315 g/mol. The van der Waals surface area contributed by atoms with Gasteiger partial charge in [0.1, 0.15) is 5.54 Å². The molecule has 22 heavy (non-hydrogen) atoms. The molecule has 0 unspecified atom stereocenters. The summed E-state index contributed by atoms with van der Waals surface area (Å²) in [4.78, 5) is 22.8. The number of aliphatic carboxylic acids is 1. The predicted octanol–water partition coefficient (Wildman–Crippen LogP) is 2.46. The molecule has 2 rings (SSSR count). The number of carbonyl (C=O) groups excluding carboxylic acids is 1. The van der Waals surface area contributed by atoms with Gasteiger partial charge in [0.15, 0.2) is 0 Å². The topological polar surface area (TPSA) is 91.1 Å². The van der Waals surface area contributed by atoms with Gasteiger partial charge in [0.2, 0.25) is 0 Å². The Bertz CT molecular complexity index is 645. The lowest BCUT2D eigenvalue weighted by molar-refractivity contribution is -0.166. The van der Waals surface area contributed by atoms with Gasteiger partial charge in [-0.1, -0.05) is 12.1 Å². The van der Waals surface area contributed by atoms with Crippen molar-refractivity contribution in [2.24, 2.45) is 10.2 Å². The molecule has 1 amide bonds. The van der Waals surface area contributed by atoms with Crippen LogP contribution in [0.1, 0.15) is 29.8 Å². The van der Waals surface area contributed by atoms with Crippen LogP contribution in [0.15, 0.2) is 34.5 Å². The number of rotatable bonds is 4. The second-order valence-electron chi connectivity index (χ2n) is 5.33. The third-order valence-corrected chi connectivity index (χ3v) is 3.21. The molecule has 9 heteroatoms. The zero-order valence-electron chi connectivity index (χ0n) is 11.6. The van der Waals surface area contributed by atoms with E-state index in [9.17, 15) is 22.8 Å². The van der Waals surface area contributed by atoms with E-state index in [0.717, 1.165) is 12.1 Å². The maximum atomic E-state index is 12.8. The normalized spacial score (nSPS) is 16.2. The molecule has 0 aliphatic carbocycles. The molecule has 0 saturated carbocycles. The fraction of sp³-hybridized carbons (Fsp3) is 0.385. The minimum absolute atomic E-state index is 0.0380. The van der Waals surface area contributed by atoms with Gasteiger partial charge in [-0.15, -0.1) is 10.2 Å². The van der Waals surface area contributed by atoms with Crippen LogP contribution in [0, 0.1) is 0 Å². The quantitative estimate of drug-likeness (QED) is 0.894. The Labute approximate surface area is 123 Å². The van der Waals surface area contributed by atoms with E-state index in [4.69, 9.17) is 5.11 Å². The molecule has 0 radical (unpaired) electrons. The Balaban J connectivity index is 2.17. The molecule has 1 heterocycles. The molecule has 0 fully saturated rings. The predicted molar refractivity (Wildman–Crippen MR) is 68.2 cm³/mol. The van der Waals surface area contributed by atoms with Crippen molar-refractivity contribution in [3.63, 3.8) is 0 Å². The van der Waals surface area contributed by atoms with E-state index in [2.05, 4.69) is 15.5 Å². The van der Waals surface area contributed by atoms with Crippen LogP contribution in [-0.2, 0) is 10.5 Å². The molecule has 0 spiro atoms. The van der Waals surface area contributed by atoms with E-state index in [0.29, 0.717) is 0 Å². The Hall–Kier alpha value is -2.45. The van der Waals surface area contributed by atoms with Gasteiger partial charge in [-0.3, -0.25) is 4.79 Å². The molecule has 0 aromatic heterocycles. The second-order valence-corrected chi connectivity index (χ2v) is 5.33. The van der Waals surface area contributed by atoms with E-state index in [-0.39, 0.29) is 11.1 Å². The summed E-state index contributed by atoms with van der Waals surface area (Å²) in [5.74, 6) is -1.94. The van der Waals surface area contributed by atoms with Crippen LogP contribution in [0.25, 0.3) is 0 Å². The Morgan fingerprint density at radius 3 is 2.00 bits per heavy atom. The fourth-order valence-electron chi connectivity index (χ4n) is 1.71. The third-order valence-electron chi connectivity index (χ3n) is 3.21. The first-order valence-electron chi connectivity index (χ1n) is 6.17. The molecule has 1 aliphatic heterocycles. The van der Waals surface area contributed by atoms with Gasteiger partial charge in [-0.05, 0) is 26.0 Å². The number of carboxylic acids is 1. The number of hydrogen-bond donors (Lipinski definition) is 2. The number of carbonyl (C=O) groups is 2. The molecule has 0 saturated heterocycles. The van der Waals surface area contributed by atoms with Crippen molar-refractivity contribution >= 4 is 11.9 Å². The SMILES string of the molecule is CC(C)(NC(=O)c1ccc(C2(C(F)(F)F)N=N2)cc1)C(=O)O. The summed E-state index contributed by atoms with van der Waals surface area (Å²) in [7, 11) is 0. The molecular formula is C13H12F3N3O3. The first kappa shape index (κ1) is 15.9. The third kappa shape index (κ3) is 2.66. The molecule has 1 aliphatic rings. The van der Waals surface area contributed by atoms with Gasteiger partial charge in [0.25, 0.3) is 5.91 Å². The van der Waals surface area contributed by atoms with Crippen molar-refractivity contribution < 1.29 is 27.9 Å². The molecule has 1 aromatic carbocycles. The van der Waals surface area contributed by atoms with E-state index >= 15 is 0 Å². The largest absolute Gasteiger partial charge is 0.480 e. The van der Waals surface area contributed by atoms with Gasteiger partial charge in [-0.25, -0.2) is 4.79 Å². The first-order valence-corrected chi connectivity index (χ1v) is 6.17. The molecular weight excluding hydrogens is 303 g/mol. The summed E-state index contributed by atoms with van der Waals surface area (Å²) in [5, 5.41) is 17.3. The van der Waals surface area contributed by atoms with Crippen LogP contribution in [-0.4, -0.2) is 28.7 Å². The lowest BCUT2D eigenvalue weighted by Crippen LogP contribution is -2.49. The van der Waals surface area contributed by atoms with Gasteiger partial charge in [-0.2, -0.15) is 13.2 Å². The Morgan fingerprint density at radius 2 is 1.64 bits per heavy atom. The van der Waals surface area contributed by atoms with Crippen molar-refractivity contribution in [2.75, 3.05) is 0 Å². The van der Waals surface area contributed by atoms with E-state index in [1.165, 1.54) is 26.0 Å². The maximum absolute atomic E-state index is 12.8. The van der Waals surface area contributed by atoms with Crippen LogP contribution < -0.4 is 5.32 Å². The smallest absolute Gasteiger partial charge is 0.442 e. The number of alkyl halides is 3. The zero-order valence-corrected chi connectivity index (χ0v) is 11.6. The minimum Gasteiger partial charge on any atom is -0.480 e. The van der Waals surface area contributed by atoms with Gasteiger partial charge in [0.05, 0.1) is 0 Å². The van der Waals surface area contributed by atoms with Crippen molar-refractivity contribution in [2.45, 2.75) is 31.2 Å². The molecule has 2 N–H and O–H groups in total. The highest BCUT2D eigenvalue weighted by Crippen LogP contribution is 2.52. The van der Waals surface area contributed by atoms with E-state index in [1.807, 2.05) is 0 Å². The number of amides is 1. The van der Waals surface area contributed by atoms with Crippen LogP contribution >= 0.6 is 0 Å². The summed E-state index contributed by atoms with van der Waals surface area (Å²) in [6.07, 6.45) is -4.64. The summed E-state index contributed by atoms with van der Waals surface area (Å²) >= 11 is 0. The highest BCUT2D eigenvalue weighted by atomic mass is 19.4. The summed E-state index contributed by atoms with van der Waals surface area (Å²) in [6, 6.07) is 4.52. The van der Waals surface area contributed by atoms with Crippen molar-refractivity contribution in [3.05, 3.63) is 35.4 Å². The molecule has 0 atom stereocenters. The Kier molecular flexibility index (Phi) is 3.47. The molecule has 1 aromatic rings. The number of benzene rings is 1. The number of hydrogen-bond acceptors (Lipinski definition) is 4. The zero-order chi connectivity index (χ0) is 16.8.